The summed E-state index contributed by atoms with van der Waals surface area (Å²) in [4.78, 5) is 45.6. The summed E-state index contributed by atoms with van der Waals surface area (Å²) in [5.74, 6) is -0.382. The van der Waals surface area contributed by atoms with Crippen LogP contribution >= 0.6 is 23.5 Å². The number of thioether (sulfide) groups is 2. The normalized spacial score (nSPS) is 27.3. The van der Waals surface area contributed by atoms with Crippen LogP contribution in [0.2, 0.25) is 0 Å². The van der Waals surface area contributed by atoms with Crippen molar-refractivity contribution in [1.82, 2.24) is 10.6 Å². The number of amides is 2. The largest absolute Gasteiger partial charge is 0.337 e. The molecule has 2 N–H and O–H groups in total. The van der Waals surface area contributed by atoms with Crippen molar-refractivity contribution >= 4 is 45.6 Å². The Bertz CT molecular complexity index is 375. The molecule has 2 aliphatic rings. The Morgan fingerprint density at radius 2 is 1.28 bits per heavy atom. The van der Waals surface area contributed by atoms with Gasteiger partial charge in [0.05, 0.1) is 12.1 Å². The highest BCUT2D eigenvalue weighted by atomic mass is 32.2. The summed E-state index contributed by atoms with van der Waals surface area (Å²) in [7, 11) is 0. The molecule has 2 heterocycles. The van der Waals surface area contributed by atoms with Crippen LogP contribution in [0.3, 0.4) is 0 Å². The monoisotopic (exact) mass is 288 g/mol. The second-order valence-corrected chi connectivity index (χ2v) is 6.16. The van der Waals surface area contributed by atoms with Crippen LogP contribution in [0.4, 0.5) is 0 Å². The summed E-state index contributed by atoms with van der Waals surface area (Å²) < 4.78 is 0. The lowest BCUT2D eigenvalue weighted by atomic mass is 10.2. The standard InChI is InChI=1S/C10H12N2O4S2/c13-7(11-5-1-3-17-9(5)15)8(14)12-6-2-4-18-10(6)16/h5-6H,1-4H2,(H,11,13)(H,12,14)/t5-,6-/m0/s1. The molecule has 2 atom stereocenters. The Kier molecular flexibility index (Phi) is 4.28. The van der Waals surface area contributed by atoms with E-state index in [1.165, 1.54) is 0 Å². The molecule has 0 aromatic carbocycles. The van der Waals surface area contributed by atoms with E-state index in [1.807, 2.05) is 0 Å². The molecule has 2 aliphatic heterocycles. The minimum atomic E-state index is -0.847. The maximum atomic E-state index is 11.5. The predicted molar refractivity (Wildman–Crippen MR) is 68.0 cm³/mol. The van der Waals surface area contributed by atoms with Gasteiger partial charge in [-0.25, -0.2) is 0 Å². The van der Waals surface area contributed by atoms with Crippen LogP contribution in [0.1, 0.15) is 12.8 Å². The van der Waals surface area contributed by atoms with Gasteiger partial charge in [0.2, 0.25) is 10.2 Å². The highest BCUT2D eigenvalue weighted by Gasteiger charge is 2.32. The van der Waals surface area contributed by atoms with Gasteiger partial charge in [-0.3, -0.25) is 19.2 Å². The molecule has 6 nitrogen and oxygen atoms in total. The average molecular weight is 288 g/mol. The summed E-state index contributed by atoms with van der Waals surface area (Å²) in [6.07, 6.45) is 1.08. The average Bonchev–Trinajstić information content (AvgIpc) is 2.90. The Morgan fingerprint density at radius 1 is 0.889 bits per heavy atom. The fourth-order valence-corrected chi connectivity index (χ4v) is 3.57. The van der Waals surface area contributed by atoms with Gasteiger partial charge in [0.1, 0.15) is 0 Å². The van der Waals surface area contributed by atoms with Gasteiger partial charge in [-0.2, -0.15) is 0 Å². The van der Waals surface area contributed by atoms with Crippen molar-refractivity contribution in [1.29, 1.82) is 0 Å². The van der Waals surface area contributed by atoms with E-state index in [0.29, 0.717) is 24.3 Å². The molecule has 0 radical (unpaired) electrons. The third kappa shape index (κ3) is 3.05. The van der Waals surface area contributed by atoms with E-state index in [0.717, 1.165) is 23.5 Å². The topological polar surface area (TPSA) is 92.3 Å². The zero-order valence-corrected chi connectivity index (χ0v) is 11.1. The van der Waals surface area contributed by atoms with Crippen LogP contribution in [-0.4, -0.2) is 45.6 Å². The molecule has 0 aromatic heterocycles. The molecule has 0 aromatic rings. The number of hydrogen-bond donors (Lipinski definition) is 2. The van der Waals surface area contributed by atoms with Crippen molar-refractivity contribution in [3.63, 3.8) is 0 Å². The third-order valence-electron chi connectivity index (χ3n) is 2.69. The Morgan fingerprint density at radius 3 is 1.56 bits per heavy atom. The molecule has 0 unspecified atom stereocenters. The lowest BCUT2D eigenvalue weighted by Gasteiger charge is -2.12. The summed E-state index contributed by atoms with van der Waals surface area (Å²) in [5, 5.41) is 4.51. The molecule has 2 amide bonds. The number of hydrogen-bond acceptors (Lipinski definition) is 6. The molecule has 98 valence electrons. The van der Waals surface area contributed by atoms with Gasteiger partial charge >= 0.3 is 11.8 Å². The first-order chi connectivity index (χ1) is 8.58. The second kappa shape index (κ2) is 5.75. The molecule has 0 spiro atoms. The third-order valence-corrected chi connectivity index (χ3v) is 4.71. The lowest BCUT2D eigenvalue weighted by Crippen LogP contribution is -2.49. The Balaban J connectivity index is 1.83. The van der Waals surface area contributed by atoms with E-state index in [2.05, 4.69) is 10.6 Å². The van der Waals surface area contributed by atoms with Crippen molar-refractivity contribution in [3.05, 3.63) is 0 Å². The molecular formula is C10H12N2O4S2. The van der Waals surface area contributed by atoms with E-state index >= 15 is 0 Å². The molecule has 0 aliphatic carbocycles. The summed E-state index contributed by atoms with van der Waals surface area (Å²) in [6, 6.07) is -1.16. The van der Waals surface area contributed by atoms with E-state index < -0.39 is 23.9 Å². The molecule has 0 bridgehead atoms. The highest BCUT2D eigenvalue weighted by Crippen LogP contribution is 2.20. The van der Waals surface area contributed by atoms with E-state index in [-0.39, 0.29) is 10.2 Å². The summed E-state index contributed by atoms with van der Waals surface area (Å²) >= 11 is 2.30. The van der Waals surface area contributed by atoms with Crippen LogP contribution in [0, 0.1) is 0 Å². The second-order valence-electron chi connectivity index (χ2n) is 3.96. The number of carbonyl (C=O) groups is 4. The molecule has 0 saturated carbocycles. The van der Waals surface area contributed by atoms with Crippen molar-refractivity contribution in [2.24, 2.45) is 0 Å². The number of nitrogens with one attached hydrogen (secondary N) is 2. The van der Waals surface area contributed by atoms with Gasteiger partial charge in [0.25, 0.3) is 0 Å². The molecule has 18 heavy (non-hydrogen) atoms. The minimum Gasteiger partial charge on any atom is -0.337 e. The highest BCUT2D eigenvalue weighted by molar-refractivity contribution is 8.14. The SMILES string of the molecule is O=C(N[C@H]1CCSC1=O)C(=O)N[C@H]1CCSC1=O. The molecule has 8 heteroatoms. The molecule has 2 saturated heterocycles. The summed E-state index contributed by atoms with van der Waals surface area (Å²) in [6.45, 7) is 0. The number of carbonyl (C=O) groups excluding carboxylic acids is 4. The maximum Gasteiger partial charge on any atom is 0.309 e. The minimum absolute atomic E-state index is 0.122. The van der Waals surface area contributed by atoms with E-state index in [4.69, 9.17) is 0 Å². The van der Waals surface area contributed by atoms with Crippen LogP contribution < -0.4 is 10.6 Å². The lowest BCUT2D eigenvalue weighted by molar-refractivity contribution is -0.140. The van der Waals surface area contributed by atoms with Gasteiger partial charge in [-0.15, -0.1) is 0 Å². The van der Waals surface area contributed by atoms with Crippen LogP contribution in [0.25, 0.3) is 0 Å². The predicted octanol–water partition coefficient (Wildman–Crippen LogP) is -0.717. The first kappa shape index (κ1) is 13.4. The van der Waals surface area contributed by atoms with E-state index in [1.54, 1.807) is 0 Å². The van der Waals surface area contributed by atoms with Gasteiger partial charge in [0.15, 0.2) is 0 Å². The van der Waals surface area contributed by atoms with Gasteiger partial charge in [-0.05, 0) is 12.8 Å². The first-order valence-corrected chi connectivity index (χ1v) is 7.49. The van der Waals surface area contributed by atoms with E-state index in [9.17, 15) is 19.2 Å². The van der Waals surface area contributed by atoms with Gasteiger partial charge in [0, 0.05) is 11.5 Å². The van der Waals surface area contributed by atoms with Crippen LogP contribution in [0.15, 0.2) is 0 Å². The van der Waals surface area contributed by atoms with Crippen molar-refractivity contribution < 1.29 is 19.2 Å². The Hall–Kier alpha value is -1.02. The fourth-order valence-electron chi connectivity index (χ4n) is 1.70. The van der Waals surface area contributed by atoms with Gasteiger partial charge < -0.3 is 10.6 Å². The molecular weight excluding hydrogens is 276 g/mol. The number of rotatable bonds is 2. The van der Waals surface area contributed by atoms with Gasteiger partial charge in [-0.1, -0.05) is 23.5 Å². The fraction of sp³-hybridized carbons (Fsp3) is 0.600. The smallest absolute Gasteiger partial charge is 0.309 e. The van der Waals surface area contributed by atoms with Crippen LogP contribution in [-0.2, 0) is 19.2 Å². The van der Waals surface area contributed by atoms with Crippen molar-refractivity contribution in [2.45, 2.75) is 24.9 Å². The molecule has 2 rings (SSSR count). The van der Waals surface area contributed by atoms with Crippen molar-refractivity contribution in [2.75, 3.05) is 11.5 Å². The maximum absolute atomic E-state index is 11.5. The molecule has 2 fully saturated rings. The quantitative estimate of drug-likeness (QED) is 0.652. The van der Waals surface area contributed by atoms with Crippen molar-refractivity contribution in [3.8, 4) is 0 Å². The Labute approximate surface area is 112 Å². The zero-order chi connectivity index (χ0) is 13.1. The zero-order valence-electron chi connectivity index (χ0n) is 9.43. The first-order valence-electron chi connectivity index (χ1n) is 5.52. The summed E-state index contributed by atoms with van der Waals surface area (Å²) in [5.41, 5.74) is 0. The van der Waals surface area contributed by atoms with Crippen LogP contribution in [0.5, 0.6) is 0 Å².